The van der Waals surface area contributed by atoms with Gasteiger partial charge in [-0.3, -0.25) is 4.79 Å². The number of alkyl halides is 2. The average Bonchev–Trinajstić information content (AvgIpc) is 3.02. The third-order valence-electron chi connectivity index (χ3n) is 7.94. The number of piperazine rings is 1. The van der Waals surface area contributed by atoms with E-state index in [0.29, 0.717) is 29.0 Å². The second-order valence-corrected chi connectivity index (χ2v) is 11.3. The van der Waals surface area contributed by atoms with E-state index in [1.165, 1.54) is 19.1 Å². The van der Waals surface area contributed by atoms with Crippen LogP contribution in [0.2, 0.25) is 0 Å². The Morgan fingerprint density at radius 1 is 1.20 bits per heavy atom. The molecule has 2 N–H and O–H groups in total. The van der Waals surface area contributed by atoms with Crippen molar-refractivity contribution in [2.45, 2.75) is 44.4 Å². The van der Waals surface area contributed by atoms with Crippen molar-refractivity contribution in [2.75, 3.05) is 57.1 Å². The highest BCUT2D eigenvalue weighted by Crippen LogP contribution is 2.35. The molecule has 2 aliphatic heterocycles. The quantitative estimate of drug-likeness (QED) is 0.383. The fourth-order valence-electron chi connectivity index (χ4n) is 5.61. The number of aliphatic hydroxyl groups is 1. The van der Waals surface area contributed by atoms with Crippen molar-refractivity contribution in [1.29, 1.82) is 5.26 Å². The summed E-state index contributed by atoms with van der Waals surface area (Å²) in [5, 5.41) is 22.4. The number of anilines is 3. The van der Waals surface area contributed by atoms with Gasteiger partial charge in [0.25, 0.3) is 5.91 Å². The molecule has 4 heterocycles. The number of nitrogens with zero attached hydrogens (tertiary/aromatic N) is 7. The summed E-state index contributed by atoms with van der Waals surface area (Å²) < 4.78 is 41.0. The molecule has 2 aromatic heterocycles. The number of halogens is 2. The lowest BCUT2D eigenvalue weighted by Gasteiger charge is -2.40. The zero-order valence-electron chi connectivity index (χ0n) is 25.6. The molecule has 12 nitrogen and oxygen atoms in total. The maximum absolute atomic E-state index is 14.9. The lowest BCUT2D eigenvalue weighted by Crippen LogP contribution is -2.56. The first kappa shape index (κ1) is 31.8. The van der Waals surface area contributed by atoms with Gasteiger partial charge < -0.3 is 34.6 Å². The minimum atomic E-state index is -3.38. The Kier molecular flexibility index (Phi) is 9.31. The number of methoxy groups -OCH3 is 1. The normalized spacial score (nSPS) is 20.7. The Morgan fingerprint density at radius 3 is 2.69 bits per heavy atom. The Labute approximate surface area is 260 Å². The number of aliphatic hydroxyl groups excluding tert-OH is 1. The highest BCUT2D eigenvalue weighted by molar-refractivity contribution is 5.80. The molecule has 0 aliphatic carbocycles. The van der Waals surface area contributed by atoms with Gasteiger partial charge in [0.05, 0.1) is 24.9 Å². The van der Waals surface area contributed by atoms with Crippen LogP contribution in [0.4, 0.5) is 26.2 Å². The summed E-state index contributed by atoms with van der Waals surface area (Å²) in [5.41, 5.74) is 2.00. The third-order valence-corrected chi connectivity index (χ3v) is 7.94. The van der Waals surface area contributed by atoms with Crippen molar-refractivity contribution in [3.8, 4) is 29.0 Å². The first-order valence-corrected chi connectivity index (χ1v) is 14.6. The van der Waals surface area contributed by atoms with Crippen LogP contribution in [-0.4, -0.2) is 107 Å². The molecular formula is C31H36F2N8O4. The largest absolute Gasteiger partial charge is 0.483 e. The van der Waals surface area contributed by atoms with Gasteiger partial charge >= 0.3 is 5.92 Å². The smallest absolute Gasteiger partial charge is 0.301 e. The number of amides is 1. The van der Waals surface area contributed by atoms with E-state index < -0.39 is 30.6 Å². The summed E-state index contributed by atoms with van der Waals surface area (Å²) in [6.07, 6.45) is -1.52. The molecule has 2 aliphatic rings. The summed E-state index contributed by atoms with van der Waals surface area (Å²) in [7, 11) is 3.68. The fraction of sp³-hybridized carbons (Fsp3) is 0.452. The number of ether oxygens (including phenoxy) is 2. The molecule has 0 spiro atoms. The van der Waals surface area contributed by atoms with E-state index in [2.05, 4.69) is 44.0 Å². The van der Waals surface area contributed by atoms with Crippen LogP contribution in [0.3, 0.4) is 0 Å². The van der Waals surface area contributed by atoms with Crippen LogP contribution in [0.1, 0.15) is 25.8 Å². The van der Waals surface area contributed by atoms with Crippen molar-refractivity contribution in [3.63, 3.8) is 0 Å². The Morgan fingerprint density at radius 2 is 2.00 bits per heavy atom. The van der Waals surface area contributed by atoms with E-state index >= 15 is 0 Å². The minimum Gasteiger partial charge on any atom is -0.483 e. The number of benzene rings is 1. The van der Waals surface area contributed by atoms with Crippen LogP contribution in [0.15, 0.2) is 42.6 Å². The van der Waals surface area contributed by atoms with Gasteiger partial charge in [0.2, 0.25) is 11.8 Å². The third kappa shape index (κ3) is 7.05. The van der Waals surface area contributed by atoms with Crippen LogP contribution in [0.25, 0.3) is 11.3 Å². The molecular weight excluding hydrogens is 586 g/mol. The molecule has 14 heteroatoms. The number of likely N-dealkylation sites (N-methyl/N-ethyl adjacent to an activating group) is 1. The van der Waals surface area contributed by atoms with Crippen LogP contribution >= 0.6 is 0 Å². The Hall–Kier alpha value is -4.61. The molecule has 2 saturated heterocycles. The number of hydrogen-bond acceptors (Lipinski definition) is 11. The van der Waals surface area contributed by atoms with Gasteiger partial charge in [0, 0.05) is 50.4 Å². The Balaban J connectivity index is 1.30. The summed E-state index contributed by atoms with van der Waals surface area (Å²) >= 11 is 0. The number of hydrogen-bond donors (Lipinski definition) is 2. The topological polar surface area (TPSA) is 140 Å². The fourth-order valence-corrected chi connectivity index (χ4v) is 5.61. The molecule has 45 heavy (non-hydrogen) atoms. The average molecular weight is 623 g/mol. The maximum Gasteiger partial charge on any atom is 0.301 e. The zero-order valence-corrected chi connectivity index (χ0v) is 25.6. The molecule has 2 fully saturated rings. The molecule has 0 radical (unpaired) electrons. The number of rotatable bonds is 8. The van der Waals surface area contributed by atoms with Gasteiger partial charge in [-0.2, -0.15) is 10.2 Å². The molecule has 0 saturated carbocycles. The van der Waals surface area contributed by atoms with Gasteiger partial charge in [-0.15, -0.1) is 0 Å². The van der Waals surface area contributed by atoms with Crippen LogP contribution in [-0.2, 0) is 4.79 Å². The molecule has 1 amide bonds. The summed E-state index contributed by atoms with van der Waals surface area (Å²) in [6.45, 7) is 5.25. The van der Waals surface area contributed by atoms with Gasteiger partial charge in [0.15, 0.2) is 6.10 Å². The number of nitriles is 1. The summed E-state index contributed by atoms with van der Waals surface area (Å²) in [5.74, 6) is -2.91. The lowest BCUT2D eigenvalue weighted by molar-refractivity contribution is -0.165. The van der Waals surface area contributed by atoms with E-state index in [9.17, 15) is 23.9 Å². The van der Waals surface area contributed by atoms with Crippen LogP contribution in [0, 0.1) is 11.3 Å². The van der Waals surface area contributed by atoms with E-state index in [4.69, 9.17) is 9.47 Å². The van der Waals surface area contributed by atoms with Gasteiger partial charge in [0.1, 0.15) is 29.4 Å². The number of aromatic nitrogens is 3. The number of piperidine rings is 1. The van der Waals surface area contributed by atoms with E-state index in [1.807, 2.05) is 18.2 Å². The van der Waals surface area contributed by atoms with Gasteiger partial charge in [-0.25, -0.2) is 18.7 Å². The molecule has 0 bridgehead atoms. The molecule has 3 aromatic rings. The first-order valence-electron chi connectivity index (χ1n) is 14.6. The monoisotopic (exact) mass is 622 g/mol. The molecule has 3 atom stereocenters. The number of carbonyl (C=O) groups excluding carboxylic acids is 1. The van der Waals surface area contributed by atoms with Crippen molar-refractivity contribution < 1.29 is 28.2 Å². The molecule has 1 aromatic carbocycles. The number of likely N-dealkylation sites (tertiary alicyclic amines) is 1. The second kappa shape index (κ2) is 13.2. The predicted octanol–water partition coefficient (Wildman–Crippen LogP) is 3.30. The standard InChI is InChI=1S/C31H36F2N8O4/c1-19-17-39(3)13-14-41(19)24-6-8-27(37-28(24)44-4)38-30-35-11-9-23(36-30)21-5-7-25(22(15-21)16-34)45-26-10-12-40(18-31(26,32)33)29(43)20(2)42/h5-9,11,15,19-20,26,42H,10,12-14,17-18H2,1-4H3,(H,35,36,37,38)/t19-,20-,26?/m1/s1. The van der Waals surface area contributed by atoms with Crippen molar-refractivity contribution in [2.24, 2.45) is 0 Å². The van der Waals surface area contributed by atoms with Crippen molar-refractivity contribution >= 4 is 23.4 Å². The zero-order chi connectivity index (χ0) is 32.3. The van der Waals surface area contributed by atoms with Crippen molar-refractivity contribution in [3.05, 3.63) is 48.2 Å². The molecule has 1 unspecified atom stereocenters. The highest BCUT2D eigenvalue weighted by atomic mass is 19.3. The number of carbonyl (C=O) groups is 1. The van der Waals surface area contributed by atoms with E-state index in [0.717, 1.165) is 30.2 Å². The number of nitrogens with one attached hydrogen (secondary N) is 1. The second-order valence-electron chi connectivity index (χ2n) is 11.3. The van der Waals surface area contributed by atoms with Crippen molar-refractivity contribution in [1.82, 2.24) is 24.8 Å². The highest BCUT2D eigenvalue weighted by Gasteiger charge is 2.48. The molecule has 5 rings (SSSR count). The Bertz CT molecular complexity index is 1580. The summed E-state index contributed by atoms with van der Waals surface area (Å²) in [6, 6.07) is 12.4. The maximum atomic E-state index is 14.9. The van der Waals surface area contributed by atoms with Gasteiger partial charge in [-0.1, -0.05) is 0 Å². The van der Waals surface area contributed by atoms with E-state index in [-0.39, 0.29) is 30.2 Å². The van der Waals surface area contributed by atoms with Crippen LogP contribution in [0.5, 0.6) is 11.6 Å². The SMILES string of the molecule is COc1nc(Nc2nccc(-c3ccc(OC4CCN(C(=O)[C@@H](C)O)CC4(F)F)c(C#N)c3)n2)ccc1N1CCN(C)C[C@H]1C. The lowest BCUT2D eigenvalue weighted by atomic mass is 10.0. The first-order chi connectivity index (χ1) is 21.5. The summed E-state index contributed by atoms with van der Waals surface area (Å²) in [4.78, 5) is 31.0. The molecule has 238 valence electrons. The predicted molar refractivity (Wildman–Crippen MR) is 163 cm³/mol. The van der Waals surface area contributed by atoms with E-state index in [1.54, 1.807) is 25.4 Å². The minimum absolute atomic E-state index is 0.000291. The van der Waals surface area contributed by atoms with Crippen LogP contribution < -0.4 is 19.7 Å². The number of pyridine rings is 1. The van der Waals surface area contributed by atoms with Gasteiger partial charge in [-0.05, 0) is 57.3 Å².